The van der Waals surface area contributed by atoms with E-state index < -0.39 is 0 Å². The maximum atomic E-state index is 5.74. The van der Waals surface area contributed by atoms with Gasteiger partial charge in [-0.1, -0.05) is 19.1 Å². The molecular weight excluding hydrogens is 224 g/mol. The van der Waals surface area contributed by atoms with E-state index in [1.807, 2.05) is 18.9 Å². The van der Waals surface area contributed by atoms with Crippen molar-refractivity contribution in [3.63, 3.8) is 0 Å². The monoisotopic (exact) mass is 242 g/mol. The molecule has 0 spiro atoms. The molecule has 0 aliphatic rings. The first-order valence-electron chi connectivity index (χ1n) is 6.04. The Hall–Kier alpha value is -2.10. The quantitative estimate of drug-likeness (QED) is 0.899. The number of nitrogen functional groups attached to an aromatic ring is 1. The van der Waals surface area contributed by atoms with Gasteiger partial charge < -0.3 is 10.6 Å². The lowest BCUT2D eigenvalue weighted by Crippen LogP contribution is -2.13. The summed E-state index contributed by atoms with van der Waals surface area (Å²) in [6.07, 6.45) is 1.05. The van der Waals surface area contributed by atoms with Gasteiger partial charge in [0.05, 0.1) is 0 Å². The number of aromatic nitrogens is 2. The van der Waals surface area contributed by atoms with Crippen molar-refractivity contribution >= 4 is 17.3 Å². The molecule has 2 rings (SSSR count). The highest BCUT2D eigenvalue weighted by molar-refractivity contribution is 5.61. The van der Waals surface area contributed by atoms with Crippen LogP contribution in [0.15, 0.2) is 30.3 Å². The van der Waals surface area contributed by atoms with Crippen molar-refractivity contribution in [1.29, 1.82) is 0 Å². The van der Waals surface area contributed by atoms with Crippen LogP contribution in [-0.2, 0) is 6.42 Å². The SMILES string of the molecule is CCc1ccc(N(C)c2cc(N)nc(C)n2)cc1. The molecule has 1 aromatic heterocycles. The van der Waals surface area contributed by atoms with Crippen LogP contribution in [0.4, 0.5) is 17.3 Å². The number of benzene rings is 1. The van der Waals surface area contributed by atoms with Crippen LogP contribution < -0.4 is 10.6 Å². The first kappa shape index (κ1) is 12.4. The van der Waals surface area contributed by atoms with Gasteiger partial charge in [-0.3, -0.25) is 0 Å². The zero-order valence-corrected chi connectivity index (χ0v) is 11.0. The third kappa shape index (κ3) is 2.59. The molecule has 94 valence electrons. The van der Waals surface area contributed by atoms with Crippen LogP contribution in [0.1, 0.15) is 18.3 Å². The van der Waals surface area contributed by atoms with Crippen LogP contribution in [0.2, 0.25) is 0 Å². The topological polar surface area (TPSA) is 55.0 Å². The lowest BCUT2D eigenvalue weighted by atomic mass is 10.1. The number of hydrogen-bond donors (Lipinski definition) is 1. The maximum Gasteiger partial charge on any atom is 0.138 e. The summed E-state index contributed by atoms with van der Waals surface area (Å²) in [5, 5.41) is 0. The van der Waals surface area contributed by atoms with Crippen LogP contribution in [0.5, 0.6) is 0 Å². The Kier molecular flexibility index (Phi) is 3.46. The predicted octanol–water partition coefficient (Wildman–Crippen LogP) is 2.70. The zero-order chi connectivity index (χ0) is 13.1. The van der Waals surface area contributed by atoms with Crippen molar-refractivity contribution in [3.05, 3.63) is 41.7 Å². The second kappa shape index (κ2) is 5.04. The third-order valence-corrected chi connectivity index (χ3v) is 2.92. The first-order chi connectivity index (χ1) is 8.60. The van der Waals surface area contributed by atoms with Crippen LogP contribution in [0, 0.1) is 6.92 Å². The number of nitrogens with zero attached hydrogens (tertiary/aromatic N) is 3. The maximum absolute atomic E-state index is 5.74. The standard InChI is InChI=1S/C14H18N4/c1-4-11-5-7-12(8-6-11)18(3)14-9-13(15)16-10(2)17-14/h5-9H,4H2,1-3H3,(H2,15,16,17). The van der Waals surface area contributed by atoms with Gasteiger partial charge in [0.1, 0.15) is 17.5 Å². The molecule has 0 fully saturated rings. The molecule has 2 N–H and O–H groups in total. The zero-order valence-electron chi connectivity index (χ0n) is 11.0. The molecule has 0 aliphatic heterocycles. The number of aryl methyl sites for hydroxylation is 2. The van der Waals surface area contributed by atoms with E-state index in [0.717, 1.165) is 17.9 Å². The van der Waals surface area contributed by atoms with E-state index in [1.165, 1.54) is 5.56 Å². The summed E-state index contributed by atoms with van der Waals surface area (Å²) in [7, 11) is 1.97. The van der Waals surface area contributed by atoms with Gasteiger partial charge in [0.15, 0.2) is 0 Å². The average molecular weight is 242 g/mol. The van der Waals surface area contributed by atoms with E-state index in [-0.39, 0.29) is 0 Å². The Morgan fingerprint density at radius 2 is 1.83 bits per heavy atom. The Morgan fingerprint density at radius 1 is 1.17 bits per heavy atom. The molecule has 1 heterocycles. The second-order valence-electron chi connectivity index (χ2n) is 4.28. The minimum absolute atomic E-state index is 0.495. The van der Waals surface area contributed by atoms with E-state index in [2.05, 4.69) is 41.2 Å². The summed E-state index contributed by atoms with van der Waals surface area (Å²) in [6.45, 7) is 3.99. The summed E-state index contributed by atoms with van der Waals surface area (Å²) in [4.78, 5) is 10.5. The molecule has 0 aliphatic carbocycles. The number of nitrogens with two attached hydrogens (primary N) is 1. The molecule has 0 unspecified atom stereocenters. The molecular formula is C14H18N4. The highest BCUT2D eigenvalue weighted by atomic mass is 15.2. The summed E-state index contributed by atoms with van der Waals surface area (Å²) < 4.78 is 0. The van der Waals surface area contributed by atoms with Crippen LogP contribution in [-0.4, -0.2) is 17.0 Å². The summed E-state index contributed by atoms with van der Waals surface area (Å²) in [6, 6.07) is 10.2. The van der Waals surface area contributed by atoms with Gasteiger partial charge in [-0.25, -0.2) is 9.97 Å². The van der Waals surface area contributed by atoms with E-state index in [0.29, 0.717) is 11.6 Å². The molecule has 0 saturated heterocycles. The molecule has 1 aromatic carbocycles. The van der Waals surface area contributed by atoms with Gasteiger partial charge in [0.25, 0.3) is 0 Å². The third-order valence-electron chi connectivity index (χ3n) is 2.92. The molecule has 0 saturated carbocycles. The Labute approximate surface area is 107 Å². The molecule has 0 amide bonds. The van der Waals surface area contributed by atoms with Crippen molar-refractivity contribution in [1.82, 2.24) is 9.97 Å². The fourth-order valence-electron chi connectivity index (χ4n) is 1.83. The minimum Gasteiger partial charge on any atom is -0.384 e. The number of rotatable bonds is 3. The Bertz CT molecular complexity index is 514. The molecule has 0 radical (unpaired) electrons. The van der Waals surface area contributed by atoms with Crippen LogP contribution >= 0.6 is 0 Å². The van der Waals surface area contributed by atoms with E-state index in [9.17, 15) is 0 Å². The van der Waals surface area contributed by atoms with Crippen molar-refractivity contribution in [3.8, 4) is 0 Å². The molecule has 4 heteroatoms. The van der Waals surface area contributed by atoms with Crippen molar-refractivity contribution in [2.24, 2.45) is 0 Å². The first-order valence-corrected chi connectivity index (χ1v) is 6.04. The smallest absolute Gasteiger partial charge is 0.138 e. The lowest BCUT2D eigenvalue weighted by Gasteiger charge is -2.19. The van der Waals surface area contributed by atoms with Gasteiger partial charge in [-0.2, -0.15) is 0 Å². The predicted molar refractivity (Wildman–Crippen MR) is 75.1 cm³/mol. The number of anilines is 3. The fourth-order valence-corrected chi connectivity index (χ4v) is 1.83. The summed E-state index contributed by atoms with van der Waals surface area (Å²) in [5.74, 6) is 1.99. The molecule has 4 nitrogen and oxygen atoms in total. The molecule has 18 heavy (non-hydrogen) atoms. The highest BCUT2D eigenvalue weighted by Crippen LogP contribution is 2.23. The minimum atomic E-state index is 0.495. The van der Waals surface area contributed by atoms with E-state index >= 15 is 0 Å². The summed E-state index contributed by atoms with van der Waals surface area (Å²) in [5.41, 5.74) is 8.16. The van der Waals surface area contributed by atoms with Gasteiger partial charge in [-0.15, -0.1) is 0 Å². The van der Waals surface area contributed by atoms with Gasteiger partial charge in [0, 0.05) is 18.8 Å². The average Bonchev–Trinajstić information content (AvgIpc) is 2.37. The van der Waals surface area contributed by atoms with Gasteiger partial charge >= 0.3 is 0 Å². The molecule has 2 aromatic rings. The van der Waals surface area contributed by atoms with E-state index in [1.54, 1.807) is 6.07 Å². The normalized spacial score (nSPS) is 10.4. The highest BCUT2D eigenvalue weighted by Gasteiger charge is 2.07. The van der Waals surface area contributed by atoms with E-state index in [4.69, 9.17) is 5.73 Å². The number of hydrogen-bond acceptors (Lipinski definition) is 4. The van der Waals surface area contributed by atoms with Gasteiger partial charge in [-0.05, 0) is 31.0 Å². The molecule has 0 bridgehead atoms. The largest absolute Gasteiger partial charge is 0.384 e. The lowest BCUT2D eigenvalue weighted by molar-refractivity contribution is 1.02. The molecule has 0 atom stereocenters. The van der Waals surface area contributed by atoms with Crippen LogP contribution in [0.25, 0.3) is 0 Å². The van der Waals surface area contributed by atoms with Crippen molar-refractivity contribution < 1.29 is 0 Å². The van der Waals surface area contributed by atoms with Gasteiger partial charge in [0.2, 0.25) is 0 Å². The van der Waals surface area contributed by atoms with Crippen molar-refractivity contribution in [2.75, 3.05) is 17.7 Å². The fraction of sp³-hybridized carbons (Fsp3) is 0.286. The second-order valence-corrected chi connectivity index (χ2v) is 4.28. The van der Waals surface area contributed by atoms with Crippen molar-refractivity contribution in [2.45, 2.75) is 20.3 Å². The summed E-state index contributed by atoms with van der Waals surface area (Å²) >= 11 is 0. The Morgan fingerprint density at radius 3 is 2.39 bits per heavy atom. The Balaban J connectivity index is 2.31. The van der Waals surface area contributed by atoms with Crippen LogP contribution in [0.3, 0.4) is 0 Å².